The number of pyridine rings is 1. The summed E-state index contributed by atoms with van der Waals surface area (Å²) in [4.78, 5) is 4.55. The minimum Gasteiger partial charge on any atom is -0.367 e. The summed E-state index contributed by atoms with van der Waals surface area (Å²) < 4.78 is 25.8. The summed E-state index contributed by atoms with van der Waals surface area (Å²) >= 11 is 0. The van der Waals surface area contributed by atoms with Crippen molar-refractivity contribution in [2.75, 3.05) is 17.6 Å². The van der Waals surface area contributed by atoms with Crippen molar-refractivity contribution in [1.29, 1.82) is 0 Å². The van der Waals surface area contributed by atoms with Gasteiger partial charge >= 0.3 is 0 Å². The van der Waals surface area contributed by atoms with Crippen molar-refractivity contribution in [3.8, 4) is 11.1 Å². The molecule has 1 aromatic heterocycles. The Labute approximate surface area is 156 Å². The van der Waals surface area contributed by atoms with Crippen LogP contribution in [-0.4, -0.2) is 31.7 Å². The Morgan fingerprint density at radius 2 is 1.73 bits per heavy atom. The zero-order valence-electron chi connectivity index (χ0n) is 15.2. The van der Waals surface area contributed by atoms with Crippen LogP contribution >= 0.6 is 0 Å². The maximum Gasteiger partial charge on any atom is 0.211 e. The Hall–Kier alpha value is -1.92. The largest absolute Gasteiger partial charge is 0.367 e. The predicted octanol–water partition coefficient (Wildman–Crippen LogP) is 3.66. The molecule has 1 aliphatic rings. The maximum atomic E-state index is 11.5. The second kappa shape index (κ2) is 8.64. The third kappa shape index (κ3) is 5.29. The van der Waals surface area contributed by atoms with Crippen molar-refractivity contribution in [3.05, 3.63) is 48.7 Å². The molecule has 0 radical (unpaired) electrons. The van der Waals surface area contributed by atoms with Gasteiger partial charge in [0.2, 0.25) is 10.0 Å². The lowest BCUT2D eigenvalue weighted by atomic mass is 9.86. The molecule has 0 spiro atoms. The molecule has 1 heterocycles. The van der Waals surface area contributed by atoms with Crippen molar-refractivity contribution < 1.29 is 8.42 Å². The molecule has 1 saturated carbocycles. The third-order valence-corrected chi connectivity index (χ3v) is 6.41. The van der Waals surface area contributed by atoms with Crippen LogP contribution in [0.4, 0.5) is 5.82 Å². The zero-order valence-corrected chi connectivity index (χ0v) is 16.0. The average Bonchev–Trinajstić information content (AvgIpc) is 2.69. The van der Waals surface area contributed by atoms with E-state index >= 15 is 0 Å². The third-order valence-electron chi connectivity index (χ3n) is 5.04. The van der Waals surface area contributed by atoms with Gasteiger partial charge < -0.3 is 5.32 Å². The fraction of sp³-hybridized carbons (Fsp3) is 0.450. The van der Waals surface area contributed by atoms with Gasteiger partial charge in [-0.3, -0.25) is 0 Å². The van der Waals surface area contributed by atoms with Crippen molar-refractivity contribution in [2.24, 2.45) is 5.92 Å². The van der Waals surface area contributed by atoms with E-state index in [0.717, 1.165) is 37.1 Å². The van der Waals surface area contributed by atoms with Crippen LogP contribution in [0.2, 0.25) is 0 Å². The van der Waals surface area contributed by atoms with Gasteiger partial charge in [0.15, 0.2) is 0 Å². The minimum atomic E-state index is -3.08. The van der Waals surface area contributed by atoms with Gasteiger partial charge in [-0.05, 0) is 56.2 Å². The van der Waals surface area contributed by atoms with Crippen LogP contribution in [0.15, 0.2) is 48.7 Å². The van der Waals surface area contributed by atoms with Gasteiger partial charge in [0.25, 0.3) is 0 Å². The van der Waals surface area contributed by atoms with Crippen LogP contribution in [0, 0.1) is 5.92 Å². The summed E-state index contributed by atoms with van der Waals surface area (Å²) in [5.41, 5.74) is 2.28. The van der Waals surface area contributed by atoms with E-state index in [-0.39, 0.29) is 5.75 Å². The summed E-state index contributed by atoms with van der Waals surface area (Å²) in [7, 11) is -3.08. The molecule has 1 aromatic carbocycles. The van der Waals surface area contributed by atoms with Gasteiger partial charge in [0.05, 0.1) is 5.75 Å². The Bertz CT molecular complexity index is 784. The van der Waals surface area contributed by atoms with Crippen LogP contribution in [0.5, 0.6) is 0 Å². The summed E-state index contributed by atoms with van der Waals surface area (Å²) in [5, 5.41) is 3.51. The van der Waals surface area contributed by atoms with Gasteiger partial charge in [-0.2, -0.15) is 0 Å². The number of nitrogens with zero attached hydrogens (tertiary/aromatic N) is 1. The Kier molecular flexibility index (Phi) is 6.27. The SMILES string of the molecule is CCS(=O)(=O)NCC1CCC(Nc2ccc(-c3ccccc3)cn2)CC1. The van der Waals surface area contributed by atoms with Gasteiger partial charge in [0.1, 0.15) is 5.82 Å². The minimum absolute atomic E-state index is 0.147. The Balaban J connectivity index is 1.47. The van der Waals surface area contributed by atoms with Gasteiger partial charge in [-0.1, -0.05) is 30.3 Å². The highest BCUT2D eigenvalue weighted by Crippen LogP contribution is 2.26. The van der Waals surface area contributed by atoms with Crippen LogP contribution < -0.4 is 10.0 Å². The standard InChI is InChI=1S/C20H27N3O2S/c1-2-26(24,25)22-14-16-8-11-19(12-9-16)23-20-13-10-18(15-21-20)17-6-4-3-5-7-17/h3-7,10,13,15-16,19,22H,2,8-9,11-12,14H2,1H3,(H,21,23). The summed E-state index contributed by atoms with van der Waals surface area (Å²) in [6.07, 6.45) is 6.06. The molecule has 0 amide bonds. The first kappa shape index (κ1) is 18.9. The molecule has 3 rings (SSSR count). The lowest BCUT2D eigenvalue weighted by molar-refractivity contribution is 0.337. The number of hydrogen-bond acceptors (Lipinski definition) is 4. The summed E-state index contributed by atoms with van der Waals surface area (Å²) in [6, 6.07) is 14.8. The van der Waals surface area contributed by atoms with Gasteiger partial charge in [0, 0.05) is 24.3 Å². The number of sulfonamides is 1. The smallest absolute Gasteiger partial charge is 0.211 e. The first-order chi connectivity index (χ1) is 12.6. The molecule has 0 saturated heterocycles. The molecular weight excluding hydrogens is 346 g/mol. The molecule has 0 unspecified atom stereocenters. The molecule has 0 bridgehead atoms. The van der Waals surface area contributed by atoms with E-state index in [4.69, 9.17) is 0 Å². The topological polar surface area (TPSA) is 71.1 Å². The highest BCUT2D eigenvalue weighted by Gasteiger charge is 2.22. The van der Waals surface area contributed by atoms with Crippen LogP contribution in [0.1, 0.15) is 32.6 Å². The first-order valence-electron chi connectivity index (χ1n) is 9.31. The molecular formula is C20H27N3O2S. The molecule has 140 valence electrons. The fourth-order valence-electron chi connectivity index (χ4n) is 3.35. The number of nitrogens with one attached hydrogen (secondary N) is 2. The highest BCUT2D eigenvalue weighted by atomic mass is 32.2. The van der Waals surface area contributed by atoms with E-state index in [9.17, 15) is 8.42 Å². The lowest BCUT2D eigenvalue weighted by Gasteiger charge is -2.29. The van der Waals surface area contributed by atoms with E-state index in [1.54, 1.807) is 6.92 Å². The van der Waals surface area contributed by atoms with Crippen molar-refractivity contribution in [3.63, 3.8) is 0 Å². The summed E-state index contributed by atoms with van der Waals surface area (Å²) in [6.45, 7) is 2.23. The lowest BCUT2D eigenvalue weighted by Crippen LogP contribution is -2.34. The van der Waals surface area contributed by atoms with E-state index in [0.29, 0.717) is 18.5 Å². The molecule has 6 heteroatoms. The summed E-state index contributed by atoms with van der Waals surface area (Å²) in [5.74, 6) is 1.48. The van der Waals surface area contributed by atoms with Crippen LogP contribution in [0.25, 0.3) is 11.1 Å². The number of aromatic nitrogens is 1. The van der Waals surface area contributed by atoms with E-state index in [1.807, 2.05) is 30.5 Å². The van der Waals surface area contributed by atoms with Crippen molar-refractivity contribution in [1.82, 2.24) is 9.71 Å². The second-order valence-corrected chi connectivity index (χ2v) is 9.01. The predicted molar refractivity (Wildman–Crippen MR) is 107 cm³/mol. The van der Waals surface area contributed by atoms with E-state index in [1.165, 1.54) is 5.56 Å². The molecule has 0 aliphatic heterocycles. The first-order valence-corrected chi connectivity index (χ1v) is 11.0. The second-order valence-electron chi connectivity index (χ2n) is 6.91. The molecule has 1 aliphatic carbocycles. The number of hydrogen-bond donors (Lipinski definition) is 2. The quantitative estimate of drug-likeness (QED) is 0.777. The zero-order chi connectivity index (χ0) is 18.4. The molecule has 1 fully saturated rings. The van der Waals surface area contributed by atoms with Crippen molar-refractivity contribution >= 4 is 15.8 Å². The van der Waals surface area contributed by atoms with Crippen LogP contribution in [-0.2, 0) is 10.0 Å². The molecule has 0 atom stereocenters. The van der Waals surface area contributed by atoms with Crippen molar-refractivity contribution in [2.45, 2.75) is 38.6 Å². The van der Waals surface area contributed by atoms with Crippen LogP contribution in [0.3, 0.4) is 0 Å². The number of rotatable bonds is 7. The fourth-order valence-corrected chi connectivity index (χ4v) is 4.04. The molecule has 2 aromatic rings. The number of anilines is 1. The number of benzene rings is 1. The maximum absolute atomic E-state index is 11.5. The van der Waals surface area contributed by atoms with E-state index < -0.39 is 10.0 Å². The van der Waals surface area contributed by atoms with Gasteiger partial charge in [-0.15, -0.1) is 0 Å². The molecule has 5 nitrogen and oxygen atoms in total. The normalized spacial score (nSPS) is 20.7. The highest BCUT2D eigenvalue weighted by molar-refractivity contribution is 7.89. The van der Waals surface area contributed by atoms with E-state index in [2.05, 4.69) is 33.2 Å². The Morgan fingerprint density at radius 1 is 1.00 bits per heavy atom. The molecule has 26 heavy (non-hydrogen) atoms. The molecule has 2 N–H and O–H groups in total. The monoisotopic (exact) mass is 373 g/mol. The van der Waals surface area contributed by atoms with Gasteiger partial charge in [-0.25, -0.2) is 18.1 Å². The Morgan fingerprint density at radius 3 is 2.35 bits per heavy atom. The average molecular weight is 374 g/mol.